The molecule has 0 radical (unpaired) electrons. The summed E-state index contributed by atoms with van der Waals surface area (Å²) < 4.78 is 1.75. The molecule has 0 fully saturated rings. The number of hydrogen-bond acceptors (Lipinski definition) is 3. The van der Waals surface area contributed by atoms with Crippen molar-refractivity contribution in [2.45, 2.75) is 13.5 Å². The first kappa shape index (κ1) is 15.3. The lowest BCUT2D eigenvalue weighted by molar-refractivity contribution is 0.767. The van der Waals surface area contributed by atoms with Crippen molar-refractivity contribution >= 4 is 11.0 Å². The van der Waals surface area contributed by atoms with Crippen LogP contribution in [0, 0.1) is 6.92 Å². The third kappa shape index (κ3) is 2.94. The Hall–Kier alpha value is -3.27. The Kier molecular flexibility index (Phi) is 3.86. The fourth-order valence-corrected chi connectivity index (χ4v) is 2.98. The number of fused-ring (bicyclic) bond motifs is 1. The maximum Gasteiger partial charge on any atom is 0.277 e. The normalized spacial score (nSPS) is 10.9. The molecule has 0 atom stereocenters. The molecule has 0 saturated carbocycles. The SMILES string of the molecule is Cc1cccc(-c2nc3ccccc3n(Cc3ccccn3)c2=O)c1. The molecule has 2 aromatic heterocycles. The molecule has 25 heavy (non-hydrogen) atoms. The van der Waals surface area contributed by atoms with Crippen LogP contribution >= 0.6 is 0 Å². The molecule has 0 unspecified atom stereocenters. The van der Waals surface area contributed by atoms with E-state index in [4.69, 9.17) is 0 Å². The van der Waals surface area contributed by atoms with Crippen molar-refractivity contribution in [3.8, 4) is 11.3 Å². The number of hydrogen-bond donors (Lipinski definition) is 0. The molecule has 0 amide bonds. The Morgan fingerprint density at radius 1 is 0.960 bits per heavy atom. The Labute approximate surface area is 145 Å². The average molecular weight is 327 g/mol. The zero-order valence-electron chi connectivity index (χ0n) is 13.9. The predicted molar refractivity (Wildman–Crippen MR) is 99.5 cm³/mol. The van der Waals surface area contributed by atoms with Crippen molar-refractivity contribution in [3.05, 3.63) is 94.5 Å². The number of pyridine rings is 1. The fraction of sp³-hybridized carbons (Fsp3) is 0.0952. The topological polar surface area (TPSA) is 47.8 Å². The highest BCUT2D eigenvalue weighted by Gasteiger charge is 2.13. The van der Waals surface area contributed by atoms with Gasteiger partial charge in [-0.1, -0.05) is 42.0 Å². The van der Waals surface area contributed by atoms with E-state index in [-0.39, 0.29) is 5.56 Å². The van der Waals surface area contributed by atoms with Gasteiger partial charge in [0, 0.05) is 11.8 Å². The molecule has 4 heteroatoms. The lowest BCUT2D eigenvalue weighted by Gasteiger charge is -2.12. The number of rotatable bonds is 3. The fourth-order valence-electron chi connectivity index (χ4n) is 2.98. The van der Waals surface area contributed by atoms with Crippen molar-refractivity contribution in [1.82, 2.24) is 14.5 Å². The molecule has 2 heterocycles. The smallest absolute Gasteiger partial charge is 0.277 e. The van der Waals surface area contributed by atoms with E-state index in [1.807, 2.05) is 73.7 Å². The van der Waals surface area contributed by atoms with Crippen LogP contribution in [0.1, 0.15) is 11.3 Å². The molecule has 0 bridgehead atoms. The van der Waals surface area contributed by atoms with Crippen LogP contribution in [0.25, 0.3) is 22.3 Å². The van der Waals surface area contributed by atoms with Crippen LogP contribution in [0.15, 0.2) is 77.7 Å². The molecule has 122 valence electrons. The summed E-state index contributed by atoms with van der Waals surface area (Å²) in [6.45, 7) is 2.43. The zero-order chi connectivity index (χ0) is 17.2. The highest BCUT2D eigenvalue weighted by atomic mass is 16.1. The van der Waals surface area contributed by atoms with Crippen LogP contribution < -0.4 is 5.56 Å². The monoisotopic (exact) mass is 327 g/mol. The molecule has 0 N–H and O–H groups in total. The number of para-hydroxylation sites is 2. The van der Waals surface area contributed by atoms with Crippen molar-refractivity contribution in [2.75, 3.05) is 0 Å². The molecule has 0 aliphatic heterocycles. The average Bonchev–Trinajstić information content (AvgIpc) is 2.65. The van der Waals surface area contributed by atoms with Crippen molar-refractivity contribution in [1.29, 1.82) is 0 Å². The van der Waals surface area contributed by atoms with Gasteiger partial charge in [0.05, 0.1) is 23.3 Å². The summed E-state index contributed by atoms with van der Waals surface area (Å²) in [5.41, 5.74) is 4.77. The molecule has 4 aromatic rings. The molecular weight excluding hydrogens is 310 g/mol. The highest BCUT2D eigenvalue weighted by molar-refractivity contribution is 5.78. The first-order valence-corrected chi connectivity index (χ1v) is 8.19. The summed E-state index contributed by atoms with van der Waals surface area (Å²) in [5, 5.41) is 0. The van der Waals surface area contributed by atoms with E-state index < -0.39 is 0 Å². The Morgan fingerprint density at radius 2 is 1.80 bits per heavy atom. The highest BCUT2D eigenvalue weighted by Crippen LogP contribution is 2.19. The lowest BCUT2D eigenvalue weighted by atomic mass is 10.1. The first-order valence-electron chi connectivity index (χ1n) is 8.19. The van der Waals surface area contributed by atoms with Crippen LogP contribution in [0.4, 0.5) is 0 Å². The minimum Gasteiger partial charge on any atom is -0.299 e. The maximum absolute atomic E-state index is 13.2. The van der Waals surface area contributed by atoms with Crippen molar-refractivity contribution < 1.29 is 0 Å². The van der Waals surface area contributed by atoms with Gasteiger partial charge in [0.2, 0.25) is 0 Å². The summed E-state index contributed by atoms with van der Waals surface area (Å²) in [6, 6.07) is 21.3. The van der Waals surface area contributed by atoms with E-state index >= 15 is 0 Å². The van der Waals surface area contributed by atoms with E-state index in [1.165, 1.54) is 0 Å². The van der Waals surface area contributed by atoms with E-state index in [1.54, 1.807) is 10.8 Å². The zero-order valence-corrected chi connectivity index (χ0v) is 13.9. The van der Waals surface area contributed by atoms with E-state index in [0.29, 0.717) is 12.2 Å². The summed E-state index contributed by atoms with van der Waals surface area (Å²) in [6.07, 6.45) is 1.74. The van der Waals surface area contributed by atoms with Gasteiger partial charge in [-0.25, -0.2) is 4.98 Å². The van der Waals surface area contributed by atoms with Crippen LogP contribution in [0.2, 0.25) is 0 Å². The van der Waals surface area contributed by atoms with E-state index in [0.717, 1.165) is 27.9 Å². The molecule has 0 aliphatic carbocycles. The lowest BCUT2D eigenvalue weighted by Crippen LogP contribution is -2.24. The standard InChI is InChI=1S/C21H17N3O/c1-15-7-6-8-16(13-15)20-21(25)24(14-17-9-4-5-12-22-17)19-11-3-2-10-18(19)23-20/h2-13H,14H2,1H3. The van der Waals surface area contributed by atoms with Gasteiger partial charge in [0.15, 0.2) is 0 Å². The number of aromatic nitrogens is 3. The Balaban J connectivity index is 1.97. The molecule has 0 aliphatic rings. The van der Waals surface area contributed by atoms with Gasteiger partial charge in [0.1, 0.15) is 5.69 Å². The van der Waals surface area contributed by atoms with Crippen LogP contribution in [0.3, 0.4) is 0 Å². The van der Waals surface area contributed by atoms with Gasteiger partial charge in [-0.3, -0.25) is 14.3 Å². The quantitative estimate of drug-likeness (QED) is 0.575. The van der Waals surface area contributed by atoms with Gasteiger partial charge in [0.25, 0.3) is 5.56 Å². The Morgan fingerprint density at radius 3 is 2.60 bits per heavy atom. The predicted octanol–water partition coefficient (Wildman–Crippen LogP) is 3.82. The second kappa shape index (κ2) is 6.32. The van der Waals surface area contributed by atoms with Crippen LogP contribution in [0.5, 0.6) is 0 Å². The number of aryl methyl sites for hydroxylation is 1. The van der Waals surface area contributed by atoms with Gasteiger partial charge in [-0.2, -0.15) is 0 Å². The molecular formula is C21H17N3O. The van der Waals surface area contributed by atoms with Gasteiger partial charge >= 0.3 is 0 Å². The van der Waals surface area contributed by atoms with Crippen molar-refractivity contribution in [2.24, 2.45) is 0 Å². The summed E-state index contributed by atoms with van der Waals surface area (Å²) in [7, 11) is 0. The molecule has 4 rings (SSSR count). The summed E-state index contributed by atoms with van der Waals surface area (Å²) >= 11 is 0. The third-order valence-electron chi connectivity index (χ3n) is 4.19. The number of benzene rings is 2. The molecule has 4 nitrogen and oxygen atoms in total. The van der Waals surface area contributed by atoms with E-state index in [2.05, 4.69) is 9.97 Å². The molecule has 0 saturated heterocycles. The summed E-state index contributed by atoms with van der Waals surface area (Å²) in [5.74, 6) is 0. The summed E-state index contributed by atoms with van der Waals surface area (Å²) in [4.78, 5) is 22.2. The largest absolute Gasteiger partial charge is 0.299 e. The second-order valence-electron chi connectivity index (χ2n) is 6.03. The number of nitrogens with zero attached hydrogens (tertiary/aromatic N) is 3. The molecule has 0 spiro atoms. The third-order valence-corrected chi connectivity index (χ3v) is 4.19. The van der Waals surface area contributed by atoms with Crippen LogP contribution in [-0.2, 0) is 6.54 Å². The molecule has 2 aromatic carbocycles. The second-order valence-corrected chi connectivity index (χ2v) is 6.03. The van der Waals surface area contributed by atoms with Gasteiger partial charge < -0.3 is 0 Å². The van der Waals surface area contributed by atoms with Gasteiger partial charge in [-0.15, -0.1) is 0 Å². The minimum absolute atomic E-state index is 0.102. The van der Waals surface area contributed by atoms with Gasteiger partial charge in [-0.05, 0) is 37.3 Å². The van der Waals surface area contributed by atoms with Crippen molar-refractivity contribution in [3.63, 3.8) is 0 Å². The first-order chi connectivity index (χ1) is 12.2. The maximum atomic E-state index is 13.2. The Bertz CT molecular complexity index is 1100. The van der Waals surface area contributed by atoms with Crippen LogP contribution in [-0.4, -0.2) is 14.5 Å². The van der Waals surface area contributed by atoms with E-state index in [9.17, 15) is 4.79 Å². The minimum atomic E-state index is -0.102.